The summed E-state index contributed by atoms with van der Waals surface area (Å²) in [5.74, 6) is 0.125. The fraction of sp³-hybridized carbons (Fsp3) is 0.333. The van der Waals surface area contributed by atoms with E-state index in [9.17, 15) is 9.59 Å². The van der Waals surface area contributed by atoms with Crippen LogP contribution in [0.2, 0.25) is 0 Å². The van der Waals surface area contributed by atoms with E-state index < -0.39 is 0 Å². The first-order valence-corrected chi connectivity index (χ1v) is 9.66. The third kappa shape index (κ3) is 3.91. The molecule has 0 aliphatic carbocycles. The zero-order chi connectivity index (χ0) is 21.3. The smallest absolute Gasteiger partial charge is 0.414 e. The highest BCUT2D eigenvalue weighted by atomic mass is 16.6. The highest BCUT2D eigenvalue weighted by Gasteiger charge is 2.23. The topological polar surface area (TPSA) is 98.6 Å². The van der Waals surface area contributed by atoms with Crippen LogP contribution < -0.4 is 15.0 Å². The molecule has 3 heterocycles. The molecule has 3 aromatic rings. The van der Waals surface area contributed by atoms with Gasteiger partial charge >= 0.3 is 6.09 Å². The Morgan fingerprint density at radius 2 is 2.13 bits per heavy atom. The zero-order valence-corrected chi connectivity index (χ0v) is 17.1. The molecule has 0 spiro atoms. The van der Waals surface area contributed by atoms with E-state index in [4.69, 9.17) is 9.47 Å². The van der Waals surface area contributed by atoms with Gasteiger partial charge in [-0.3, -0.25) is 9.69 Å². The van der Waals surface area contributed by atoms with Gasteiger partial charge in [-0.2, -0.15) is 0 Å². The molecule has 9 nitrogen and oxygen atoms in total. The summed E-state index contributed by atoms with van der Waals surface area (Å²) in [6.07, 6.45) is -0.354. The number of carbonyl (C=O) groups excluding carboxylic acids is 2. The minimum absolute atomic E-state index is 0.155. The quantitative estimate of drug-likeness (QED) is 0.670. The summed E-state index contributed by atoms with van der Waals surface area (Å²) >= 11 is 0. The van der Waals surface area contributed by atoms with Crippen molar-refractivity contribution in [2.24, 2.45) is 7.05 Å². The molecule has 1 saturated heterocycles. The minimum atomic E-state index is -0.354. The van der Waals surface area contributed by atoms with Crippen molar-refractivity contribution in [2.45, 2.75) is 20.4 Å². The normalized spacial score (nSPS) is 13.6. The Balaban J connectivity index is 1.37. The maximum absolute atomic E-state index is 12.3. The second kappa shape index (κ2) is 8.02. The van der Waals surface area contributed by atoms with Crippen LogP contribution in [0.15, 0.2) is 30.3 Å². The molecule has 2 aromatic heterocycles. The number of benzene rings is 1. The van der Waals surface area contributed by atoms with Crippen LogP contribution in [0.5, 0.6) is 5.88 Å². The number of aryl methyl sites for hydroxylation is 3. The highest BCUT2D eigenvalue weighted by Crippen LogP contribution is 2.27. The molecule has 30 heavy (non-hydrogen) atoms. The number of cyclic esters (lactones) is 1. The average Bonchev–Trinajstić information content (AvgIpc) is 3.28. The summed E-state index contributed by atoms with van der Waals surface area (Å²) in [5, 5.41) is 7.98. The summed E-state index contributed by atoms with van der Waals surface area (Å²) < 4.78 is 12.3. The number of rotatable bonds is 6. The van der Waals surface area contributed by atoms with Crippen LogP contribution in [-0.4, -0.2) is 46.5 Å². The first-order valence-electron chi connectivity index (χ1n) is 9.66. The van der Waals surface area contributed by atoms with Gasteiger partial charge in [-0.05, 0) is 43.2 Å². The monoisotopic (exact) mass is 409 g/mol. The van der Waals surface area contributed by atoms with E-state index in [1.807, 2.05) is 44.2 Å². The molecule has 1 fully saturated rings. The van der Waals surface area contributed by atoms with E-state index in [0.29, 0.717) is 25.6 Å². The van der Waals surface area contributed by atoms with Crippen molar-refractivity contribution >= 4 is 28.7 Å². The minimum Gasteiger partial charge on any atom is -0.466 e. The number of hydrogen-bond donors (Lipinski definition) is 1. The molecule has 1 N–H and O–H groups in total. The molecule has 0 atom stereocenters. The molecule has 9 heteroatoms. The van der Waals surface area contributed by atoms with E-state index in [0.717, 1.165) is 33.5 Å². The van der Waals surface area contributed by atoms with Gasteiger partial charge in [0.15, 0.2) is 12.3 Å². The van der Waals surface area contributed by atoms with Crippen molar-refractivity contribution in [3.63, 3.8) is 0 Å². The lowest BCUT2D eigenvalue weighted by Crippen LogP contribution is -2.29. The van der Waals surface area contributed by atoms with E-state index in [1.165, 1.54) is 0 Å². The highest BCUT2D eigenvalue weighted by molar-refractivity contribution is 5.89. The van der Waals surface area contributed by atoms with E-state index in [1.54, 1.807) is 16.6 Å². The second-order valence-electron chi connectivity index (χ2n) is 7.21. The Morgan fingerprint density at radius 3 is 2.90 bits per heavy atom. The molecule has 0 saturated carbocycles. The molecular weight excluding hydrogens is 386 g/mol. The van der Waals surface area contributed by atoms with Gasteiger partial charge in [0.25, 0.3) is 5.91 Å². The lowest BCUT2D eigenvalue weighted by Gasteiger charge is -2.14. The maximum atomic E-state index is 12.3. The van der Waals surface area contributed by atoms with E-state index in [2.05, 4.69) is 15.4 Å². The number of aromatic nitrogens is 3. The molecule has 1 aromatic carbocycles. The number of fused-ring (bicyclic) bond motifs is 1. The Labute approximate surface area is 173 Å². The van der Waals surface area contributed by atoms with E-state index >= 15 is 0 Å². The van der Waals surface area contributed by atoms with Gasteiger partial charge in [-0.25, -0.2) is 14.5 Å². The first kappa shape index (κ1) is 19.7. The van der Waals surface area contributed by atoms with Crippen molar-refractivity contribution in [1.29, 1.82) is 0 Å². The van der Waals surface area contributed by atoms with Gasteiger partial charge in [-0.15, -0.1) is 5.10 Å². The van der Waals surface area contributed by atoms with Crippen LogP contribution in [0, 0.1) is 13.8 Å². The Bertz CT molecular complexity index is 1120. The lowest BCUT2D eigenvalue weighted by atomic mass is 10.2. The standard InChI is InChI=1S/C21H23N5O4/c1-13-9-14(2)23-19-18(13)20(24-25(19)3)30-12-17(27)22-11-15-5-4-6-16(10-15)26-7-8-29-21(26)28/h4-6,9-10H,7-8,11-12H2,1-3H3,(H,22,27). The predicted molar refractivity (Wildman–Crippen MR) is 110 cm³/mol. The van der Waals surface area contributed by atoms with Gasteiger partial charge in [0, 0.05) is 25.0 Å². The third-order valence-electron chi connectivity index (χ3n) is 4.90. The molecule has 156 valence electrons. The maximum Gasteiger partial charge on any atom is 0.414 e. The van der Waals surface area contributed by atoms with Crippen molar-refractivity contribution in [3.05, 3.63) is 47.2 Å². The van der Waals surface area contributed by atoms with Crippen LogP contribution in [0.3, 0.4) is 0 Å². The van der Waals surface area contributed by atoms with Crippen LogP contribution >= 0.6 is 0 Å². The number of pyridine rings is 1. The Hall–Kier alpha value is -3.62. The summed E-state index contributed by atoms with van der Waals surface area (Å²) in [7, 11) is 1.80. The van der Waals surface area contributed by atoms with Crippen molar-refractivity contribution in [3.8, 4) is 5.88 Å². The molecule has 1 aliphatic rings. The molecule has 4 rings (SSSR count). The molecule has 0 radical (unpaired) electrons. The number of amides is 2. The van der Waals surface area contributed by atoms with Gasteiger partial charge in [0.2, 0.25) is 5.88 Å². The van der Waals surface area contributed by atoms with Crippen LogP contribution in [0.4, 0.5) is 10.5 Å². The van der Waals surface area contributed by atoms with Crippen molar-refractivity contribution in [2.75, 3.05) is 24.7 Å². The summed E-state index contributed by atoms with van der Waals surface area (Å²) in [6.45, 7) is 4.96. The fourth-order valence-corrected chi connectivity index (χ4v) is 3.50. The van der Waals surface area contributed by atoms with Gasteiger partial charge in [0.1, 0.15) is 6.61 Å². The molecule has 0 bridgehead atoms. The largest absolute Gasteiger partial charge is 0.466 e. The first-order chi connectivity index (χ1) is 14.4. The molecular formula is C21H23N5O4. The molecule has 0 unspecified atom stereocenters. The van der Waals surface area contributed by atoms with Gasteiger partial charge in [0.05, 0.1) is 11.9 Å². The van der Waals surface area contributed by atoms with Crippen molar-refractivity contribution < 1.29 is 19.1 Å². The zero-order valence-electron chi connectivity index (χ0n) is 17.1. The Morgan fingerprint density at radius 1 is 1.30 bits per heavy atom. The van der Waals surface area contributed by atoms with Gasteiger partial charge < -0.3 is 14.8 Å². The van der Waals surface area contributed by atoms with Crippen LogP contribution in [0.1, 0.15) is 16.8 Å². The SMILES string of the molecule is Cc1cc(C)c2c(OCC(=O)NCc3cccc(N4CCOC4=O)c3)nn(C)c2n1. The lowest BCUT2D eigenvalue weighted by molar-refractivity contribution is -0.123. The molecule has 2 amide bonds. The fourth-order valence-electron chi connectivity index (χ4n) is 3.50. The van der Waals surface area contributed by atoms with Crippen LogP contribution in [0.25, 0.3) is 11.0 Å². The number of nitrogens with zero attached hydrogens (tertiary/aromatic N) is 4. The predicted octanol–water partition coefficient (Wildman–Crippen LogP) is 2.24. The second-order valence-corrected chi connectivity index (χ2v) is 7.21. The van der Waals surface area contributed by atoms with Crippen molar-refractivity contribution in [1.82, 2.24) is 20.1 Å². The molecule has 1 aliphatic heterocycles. The van der Waals surface area contributed by atoms with E-state index in [-0.39, 0.29) is 18.6 Å². The number of carbonyl (C=O) groups is 2. The van der Waals surface area contributed by atoms with Crippen LogP contribution in [-0.2, 0) is 23.1 Å². The number of hydrogen-bond acceptors (Lipinski definition) is 6. The number of anilines is 1. The summed E-state index contributed by atoms with van der Waals surface area (Å²) in [4.78, 5) is 30.1. The summed E-state index contributed by atoms with van der Waals surface area (Å²) in [5.41, 5.74) is 4.24. The number of ether oxygens (including phenoxy) is 2. The third-order valence-corrected chi connectivity index (χ3v) is 4.90. The van der Waals surface area contributed by atoms with Gasteiger partial charge in [-0.1, -0.05) is 12.1 Å². The number of nitrogens with one attached hydrogen (secondary N) is 1. The average molecular weight is 409 g/mol. The Kier molecular flexibility index (Phi) is 5.26. The summed E-state index contributed by atoms with van der Waals surface area (Å²) in [6, 6.07) is 9.38.